The summed E-state index contributed by atoms with van der Waals surface area (Å²) in [7, 11) is 0. The summed E-state index contributed by atoms with van der Waals surface area (Å²) in [5, 5.41) is 1.77. The highest BCUT2D eigenvalue weighted by Crippen LogP contribution is 2.29. The van der Waals surface area contributed by atoms with Crippen LogP contribution >= 0.6 is 11.6 Å². The number of aromatic nitrogens is 1. The highest BCUT2D eigenvalue weighted by Gasteiger charge is 2.32. The maximum atomic E-state index is 13.4. The first kappa shape index (κ1) is 19.0. The van der Waals surface area contributed by atoms with Gasteiger partial charge in [0.2, 0.25) is 5.91 Å². The smallest absolute Gasteiger partial charge is 0.350 e. The number of carbonyl (C=O) groups excluding carboxylic acids is 1. The minimum atomic E-state index is -4.70. The van der Waals surface area contributed by atoms with Crippen molar-refractivity contribution in [2.75, 3.05) is 0 Å². The van der Waals surface area contributed by atoms with Gasteiger partial charge in [0, 0.05) is 12.7 Å². The molecule has 1 N–H and O–H groups in total. The molecule has 2 rings (SSSR count). The molecule has 0 saturated carbocycles. The molecule has 0 unspecified atom stereocenters. The number of amides is 1. The second kappa shape index (κ2) is 7.26. The Bertz CT molecular complexity index is 862. The number of alkyl halides is 3. The van der Waals surface area contributed by atoms with E-state index in [9.17, 15) is 27.2 Å². The highest BCUT2D eigenvalue weighted by atomic mass is 35.5. The minimum Gasteiger partial charge on any atom is -0.350 e. The maximum Gasteiger partial charge on any atom is 0.417 e. The summed E-state index contributed by atoms with van der Waals surface area (Å²) in [6.07, 6.45) is -4.17. The third-order valence-corrected chi connectivity index (χ3v) is 3.68. The Hall–Kier alpha value is -2.35. The second-order valence-electron chi connectivity index (χ2n) is 5.37. The summed E-state index contributed by atoms with van der Waals surface area (Å²) in [4.78, 5) is 23.6. The van der Waals surface area contributed by atoms with Crippen molar-refractivity contribution in [1.29, 1.82) is 0 Å². The van der Waals surface area contributed by atoms with Gasteiger partial charge in [-0.05, 0) is 30.2 Å². The molecule has 1 aromatic carbocycles. The Balaban J connectivity index is 2.11. The van der Waals surface area contributed by atoms with Crippen molar-refractivity contribution in [2.45, 2.75) is 26.2 Å². The van der Waals surface area contributed by atoms with E-state index >= 15 is 0 Å². The standard InChI is InChI=1S/C16H13ClF4N2O2/c1-9-2-3-10(4-13(9)18)6-22-14(24)8-23-7-11(16(19,20)21)5-12(17)15(23)25/h2-5,7H,6,8H2,1H3,(H,22,24). The van der Waals surface area contributed by atoms with Crippen LogP contribution in [0.3, 0.4) is 0 Å². The van der Waals surface area contributed by atoms with E-state index in [4.69, 9.17) is 11.6 Å². The van der Waals surface area contributed by atoms with Crippen molar-refractivity contribution in [3.63, 3.8) is 0 Å². The van der Waals surface area contributed by atoms with E-state index < -0.39 is 40.6 Å². The van der Waals surface area contributed by atoms with Crippen molar-refractivity contribution in [2.24, 2.45) is 0 Å². The summed E-state index contributed by atoms with van der Waals surface area (Å²) in [6.45, 7) is 0.912. The number of halogens is 5. The fourth-order valence-electron chi connectivity index (χ4n) is 2.03. The van der Waals surface area contributed by atoms with Crippen LogP contribution in [-0.2, 0) is 24.1 Å². The van der Waals surface area contributed by atoms with E-state index in [1.807, 2.05) is 0 Å². The van der Waals surface area contributed by atoms with Crippen LogP contribution in [0.2, 0.25) is 5.02 Å². The monoisotopic (exact) mass is 376 g/mol. The molecule has 9 heteroatoms. The van der Waals surface area contributed by atoms with Gasteiger partial charge in [0.15, 0.2) is 0 Å². The van der Waals surface area contributed by atoms with Gasteiger partial charge in [-0.3, -0.25) is 9.59 Å². The summed E-state index contributed by atoms with van der Waals surface area (Å²) < 4.78 is 52.2. The number of hydrogen-bond donors (Lipinski definition) is 1. The topological polar surface area (TPSA) is 51.1 Å². The van der Waals surface area contributed by atoms with Crippen molar-refractivity contribution in [3.05, 3.63) is 68.3 Å². The summed E-state index contributed by atoms with van der Waals surface area (Å²) in [5.41, 5.74) is -1.12. The molecule has 1 heterocycles. The van der Waals surface area contributed by atoms with Gasteiger partial charge in [0.05, 0.1) is 5.56 Å². The molecule has 0 saturated heterocycles. The minimum absolute atomic E-state index is 0.0303. The first-order valence-electron chi connectivity index (χ1n) is 7.07. The fraction of sp³-hybridized carbons (Fsp3) is 0.250. The largest absolute Gasteiger partial charge is 0.417 e. The van der Waals surface area contributed by atoms with Gasteiger partial charge >= 0.3 is 6.18 Å². The number of carbonyl (C=O) groups is 1. The van der Waals surface area contributed by atoms with Crippen LogP contribution in [0.4, 0.5) is 17.6 Å². The Labute approximate surface area is 145 Å². The molecular weight excluding hydrogens is 364 g/mol. The average Bonchev–Trinajstić information content (AvgIpc) is 2.51. The number of benzene rings is 1. The highest BCUT2D eigenvalue weighted by molar-refractivity contribution is 6.30. The fourth-order valence-corrected chi connectivity index (χ4v) is 2.26. The maximum absolute atomic E-state index is 13.4. The molecule has 0 spiro atoms. The van der Waals surface area contributed by atoms with Gasteiger partial charge in [-0.15, -0.1) is 0 Å². The van der Waals surface area contributed by atoms with Crippen molar-refractivity contribution in [1.82, 2.24) is 9.88 Å². The molecule has 25 heavy (non-hydrogen) atoms. The molecule has 134 valence electrons. The molecule has 4 nitrogen and oxygen atoms in total. The lowest BCUT2D eigenvalue weighted by molar-refractivity contribution is -0.138. The van der Waals surface area contributed by atoms with Crippen LogP contribution in [0, 0.1) is 12.7 Å². The molecule has 0 radical (unpaired) electrons. The summed E-state index contributed by atoms with van der Waals surface area (Å²) >= 11 is 5.51. The van der Waals surface area contributed by atoms with Crippen LogP contribution in [-0.4, -0.2) is 10.5 Å². The second-order valence-corrected chi connectivity index (χ2v) is 5.77. The van der Waals surface area contributed by atoms with Crippen LogP contribution in [0.1, 0.15) is 16.7 Å². The van der Waals surface area contributed by atoms with Crippen LogP contribution in [0.5, 0.6) is 0 Å². The zero-order chi connectivity index (χ0) is 18.8. The lowest BCUT2D eigenvalue weighted by Crippen LogP contribution is -2.32. The predicted octanol–water partition coefficient (Wildman–Crippen LogP) is 3.28. The van der Waals surface area contributed by atoms with E-state index in [0.717, 1.165) is 0 Å². The first-order chi connectivity index (χ1) is 11.6. The first-order valence-corrected chi connectivity index (χ1v) is 7.44. The SMILES string of the molecule is Cc1ccc(CNC(=O)Cn2cc(C(F)(F)F)cc(Cl)c2=O)cc1F. The molecule has 1 aromatic heterocycles. The molecule has 1 amide bonds. The van der Waals surface area contributed by atoms with Crippen LogP contribution in [0.15, 0.2) is 35.3 Å². The average molecular weight is 377 g/mol. The zero-order valence-electron chi connectivity index (χ0n) is 13.0. The number of nitrogens with one attached hydrogen (secondary N) is 1. The van der Waals surface area contributed by atoms with Crippen molar-refractivity contribution in [3.8, 4) is 0 Å². The number of pyridine rings is 1. The third-order valence-electron chi connectivity index (χ3n) is 3.41. The molecule has 0 bridgehead atoms. The predicted molar refractivity (Wildman–Crippen MR) is 83.7 cm³/mol. The normalized spacial score (nSPS) is 11.4. The van der Waals surface area contributed by atoms with Crippen molar-refractivity contribution >= 4 is 17.5 Å². The van der Waals surface area contributed by atoms with Gasteiger partial charge < -0.3 is 9.88 Å². The molecule has 0 atom stereocenters. The number of rotatable bonds is 4. The van der Waals surface area contributed by atoms with E-state index in [1.54, 1.807) is 13.0 Å². The quantitative estimate of drug-likeness (QED) is 0.833. The molecule has 0 aliphatic rings. The molecule has 0 aliphatic carbocycles. The molecule has 0 fully saturated rings. The van der Waals surface area contributed by atoms with Gasteiger partial charge in [-0.2, -0.15) is 13.2 Å². The number of aryl methyl sites for hydroxylation is 1. The Kier molecular flexibility index (Phi) is 5.52. The van der Waals surface area contributed by atoms with E-state index in [2.05, 4.69) is 5.32 Å². The molecule has 2 aromatic rings. The molecular formula is C16H13ClF4N2O2. The van der Waals surface area contributed by atoms with Gasteiger partial charge in [-0.25, -0.2) is 4.39 Å². The Morgan fingerprint density at radius 3 is 2.56 bits per heavy atom. The van der Waals surface area contributed by atoms with Crippen LogP contribution in [0.25, 0.3) is 0 Å². The zero-order valence-corrected chi connectivity index (χ0v) is 13.7. The van der Waals surface area contributed by atoms with Crippen molar-refractivity contribution < 1.29 is 22.4 Å². The molecule has 0 aliphatic heterocycles. The lowest BCUT2D eigenvalue weighted by Gasteiger charge is -2.12. The number of hydrogen-bond acceptors (Lipinski definition) is 2. The van der Waals surface area contributed by atoms with E-state index in [-0.39, 0.29) is 6.54 Å². The number of nitrogens with zero attached hydrogens (tertiary/aromatic N) is 1. The van der Waals surface area contributed by atoms with Gasteiger partial charge in [0.1, 0.15) is 17.4 Å². The van der Waals surface area contributed by atoms with Gasteiger partial charge in [0.25, 0.3) is 5.56 Å². The summed E-state index contributed by atoms with van der Waals surface area (Å²) in [6, 6.07) is 4.89. The van der Waals surface area contributed by atoms with Gasteiger partial charge in [-0.1, -0.05) is 23.7 Å². The summed E-state index contributed by atoms with van der Waals surface area (Å²) in [5.74, 6) is -1.15. The van der Waals surface area contributed by atoms with E-state index in [1.165, 1.54) is 12.1 Å². The third kappa shape index (κ3) is 4.82. The van der Waals surface area contributed by atoms with E-state index in [0.29, 0.717) is 28.0 Å². The lowest BCUT2D eigenvalue weighted by atomic mass is 10.1. The Morgan fingerprint density at radius 2 is 1.96 bits per heavy atom. The van der Waals surface area contributed by atoms with Crippen LogP contribution < -0.4 is 10.9 Å². The Morgan fingerprint density at radius 1 is 1.28 bits per heavy atom.